The van der Waals surface area contributed by atoms with Gasteiger partial charge in [0.15, 0.2) is 0 Å². The van der Waals surface area contributed by atoms with Gasteiger partial charge in [0.05, 0.1) is 28.4 Å². The molecule has 2 heterocycles. The first-order valence-corrected chi connectivity index (χ1v) is 8.61. The Kier molecular flexibility index (Phi) is 4.27. The van der Waals surface area contributed by atoms with E-state index in [9.17, 15) is 14.9 Å². The maximum Gasteiger partial charge on any atom is 0.229 e. The molecular weight excluding hydrogens is 340 g/mol. The first kappa shape index (κ1) is 16.7. The molecule has 132 valence electrons. The summed E-state index contributed by atoms with van der Waals surface area (Å²) in [6.07, 6.45) is 1.79. The van der Waals surface area contributed by atoms with E-state index in [1.807, 2.05) is 24.3 Å². The lowest BCUT2D eigenvalue weighted by atomic mass is 10.1. The summed E-state index contributed by atoms with van der Waals surface area (Å²) in [5.74, 6) is -0.865. The smallest absolute Gasteiger partial charge is 0.229 e. The molecule has 0 aliphatic carbocycles. The van der Waals surface area contributed by atoms with Crippen LogP contribution >= 0.6 is 0 Å². The Balaban J connectivity index is 1.55. The van der Waals surface area contributed by atoms with Gasteiger partial charge in [-0.25, -0.2) is 0 Å². The molecule has 6 nitrogen and oxygen atoms in total. The number of nitrogens with one attached hydrogen (secondary N) is 1. The predicted molar refractivity (Wildman–Crippen MR) is 102 cm³/mol. The van der Waals surface area contributed by atoms with E-state index in [4.69, 9.17) is 0 Å². The van der Waals surface area contributed by atoms with E-state index in [2.05, 4.69) is 16.4 Å². The van der Waals surface area contributed by atoms with Gasteiger partial charge in [-0.05, 0) is 24.3 Å². The van der Waals surface area contributed by atoms with Gasteiger partial charge in [-0.15, -0.1) is 0 Å². The molecule has 1 aromatic heterocycles. The molecule has 1 aliphatic rings. The van der Waals surface area contributed by atoms with Gasteiger partial charge >= 0.3 is 0 Å². The van der Waals surface area contributed by atoms with Crippen LogP contribution in [0.3, 0.4) is 0 Å². The third-order valence-corrected chi connectivity index (χ3v) is 4.70. The maximum absolute atomic E-state index is 12.8. The van der Waals surface area contributed by atoms with Gasteiger partial charge in [0, 0.05) is 24.5 Å². The number of aromatic nitrogens is 1. The fraction of sp³-hybridized carbons (Fsp3) is 0.143. The van der Waals surface area contributed by atoms with E-state index in [-0.39, 0.29) is 24.8 Å². The Morgan fingerprint density at radius 2 is 1.96 bits per heavy atom. The third kappa shape index (κ3) is 3.11. The molecule has 2 amide bonds. The van der Waals surface area contributed by atoms with Crippen LogP contribution in [0.5, 0.6) is 0 Å². The lowest BCUT2D eigenvalue weighted by Crippen LogP contribution is -2.28. The summed E-state index contributed by atoms with van der Waals surface area (Å²) in [6.45, 7) is 0.252. The number of hydrogen-bond donors (Lipinski definition) is 1. The molecule has 6 heteroatoms. The molecule has 3 aromatic rings. The second kappa shape index (κ2) is 6.89. The number of nitrogens with zero attached hydrogens (tertiary/aromatic N) is 3. The van der Waals surface area contributed by atoms with Crippen LogP contribution in [0, 0.1) is 17.2 Å². The van der Waals surface area contributed by atoms with Crippen molar-refractivity contribution in [2.45, 2.75) is 6.42 Å². The molecule has 0 radical (unpaired) electrons. The number of fused-ring (bicyclic) bond motifs is 1. The van der Waals surface area contributed by atoms with Gasteiger partial charge in [-0.3, -0.25) is 14.6 Å². The molecule has 1 atom stereocenters. The Bertz CT molecular complexity index is 1080. The zero-order valence-corrected chi connectivity index (χ0v) is 14.4. The highest BCUT2D eigenvalue weighted by Gasteiger charge is 2.36. The second-order valence-electron chi connectivity index (χ2n) is 6.40. The highest BCUT2D eigenvalue weighted by atomic mass is 16.2. The largest absolute Gasteiger partial charge is 0.324 e. The summed E-state index contributed by atoms with van der Waals surface area (Å²) in [5.41, 5.74) is 2.31. The number of pyridine rings is 1. The molecule has 1 fully saturated rings. The van der Waals surface area contributed by atoms with E-state index in [1.165, 1.54) is 4.90 Å². The minimum absolute atomic E-state index is 0.115. The van der Waals surface area contributed by atoms with Crippen molar-refractivity contribution in [2.75, 3.05) is 16.8 Å². The zero-order chi connectivity index (χ0) is 18.8. The number of carbonyl (C=O) groups excluding carboxylic acids is 2. The Morgan fingerprint density at radius 3 is 2.81 bits per heavy atom. The molecule has 1 aliphatic heterocycles. The molecule has 1 saturated heterocycles. The molecule has 27 heavy (non-hydrogen) atoms. The third-order valence-electron chi connectivity index (χ3n) is 4.70. The quantitative estimate of drug-likeness (QED) is 0.781. The Hall–Kier alpha value is -3.72. The lowest BCUT2D eigenvalue weighted by Gasteiger charge is -2.18. The van der Waals surface area contributed by atoms with E-state index in [0.717, 1.165) is 5.39 Å². The number of nitriles is 1. The summed E-state index contributed by atoms with van der Waals surface area (Å²) < 4.78 is 0. The van der Waals surface area contributed by atoms with Crippen LogP contribution in [0.2, 0.25) is 0 Å². The second-order valence-corrected chi connectivity index (χ2v) is 6.40. The summed E-state index contributed by atoms with van der Waals surface area (Å²) in [7, 11) is 0. The van der Waals surface area contributed by atoms with E-state index in [1.54, 1.807) is 36.5 Å². The molecule has 0 spiro atoms. The molecule has 1 N–H and O–H groups in total. The van der Waals surface area contributed by atoms with Crippen molar-refractivity contribution < 1.29 is 9.59 Å². The molecular formula is C21H16N4O2. The minimum atomic E-state index is -0.483. The molecule has 1 unspecified atom stereocenters. The maximum atomic E-state index is 12.8. The van der Waals surface area contributed by atoms with Crippen LogP contribution < -0.4 is 10.2 Å². The standard InChI is InChI=1S/C21H16N4O2/c22-12-15-5-1-2-9-18(15)25-13-16(11-19(25)26)21(27)24-17-8-3-6-14-7-4-10-23-20(14)17/h1-10,16H,11,13H2,(H,24,27). The van der Waals surface area contributed by atoms with Gasteiger partial charge < -0.3 is 10.2 Å². The average molecular weight is 356 g/mol. The van der Waals surface area contributed by atoms with Crippen molar-refractivity contribution >= 4 is 34.1 Å². The van der Waals surface area contributed by atoms with Crippen LogP contribution in [0.1, 0.15) is 12.0 Å². The number of hydrogen-bond acceptors (Lipinski definition) is 4. The number of carbonyl (C=O) groups is 2. The van der Waals surface area contributed by atoms with E-state index < -0.39 is 5.92 Å². The number of anilines is 2. The van der Waals surface area contributed by atoms with Crippen molar-refractivity contribution in [3.05, 3.63) is 66.4 Å². The van der Waals surface area contributed by atoms with Gasteiger partial charge in [-0.2, -0.15) is 5.26 Å². The number of benzene rings is 2. The highest BCUT2D eigenvalue weighted by molar-refractivity contribution is 6.06. The van der Waals surface area contributed by atoms with Gasteiger partial charge in [0.1, 0.15) is 6.07 Å². The van der Waals surface area contributed by atoms with E-state index >= 15 is 0 Å². The minimum Gasteiger partial charge on any atom is -0.324 e. The number of para-hydroxylation sites is 2. The Morgan fingerprint density at radius 1 is 1.15 bits per heavy atom. The summed E-state index contributed by atoms with van der Waals surface area (Å²) >= 11 is 0. The first-order valence-electron chi connectivity index (χ1n) is 8.61. The van der Waals surface area contributed by atoms with Crippen molar-refractivity contribution in [2.24, 2.45) is 5.92 Å². The zero-order valence-electron chi connectivity index (χ0n) is 14.4. The average Bonchev–Trinajstić information content (AvgIpc) is 3.10. The van der Waals surface area contributed by atoms with Crippen LogP contribution in [0.15, 0.2) is 60.8 Å². The number of amides is 2. The fourth-order valence-electron chi connectivity index (χ4n) is 3.36. The van der Waals surface area contributed by atoms with Crippen molar-refractivity contribution in [1.82, 2.24) is 4.98 Å². The predicted octanol–water partition coefficient (Wildman–Crippen LogP) is 3.10. The van der Waals surface area contributed by atoms with Gasteiger partial charge in [0.2, 0.25) is 11.8 Å². The SMILES string of the molecule is N#Cc1ccccc1N1CC(C(=O)Nc2cccc3cccnc23)CC1=O. The summed E-state index contributed by atoms with van der Waals surface area (Å²) in [5, 5.41) is 13.1. The topological polar surface area (TPSA) is 86.1 Å². The van der Waals surface area contributed by atoms with Gasteiger partial charge in [-0.1, -0.05) is 30.3 Å². The summed E-state index contributed by atoms with van der Waals surface area (Å²) in [4.78, 5) is 31.1. The molecule has 0 saturated carbocycles. The van der Waals surface area contributed by atoms with Crippen molar-refractivity contribution in [3.63, 3.8) is 0 Å². The highest BCUT2D eigenvalue weighted by Crippen LogP contribution is 2.29. The van der Waals surface area contributed by atoms with Crippen molar-refractivity contribution in [3.8, 4) is 6.07 Å². The Labute approximate surface area is 156 Å². The first-order chi connectivity index (χ1) is 13.2. The van der Waals surface area contributed by atoms with Crippen LogP contribution in [-0.2, 0) is 9.59 Å². The number of rotatable bonds is 3. The van der Waals surface area contributed by atoms with E-state index in [0.29, 0.717) is 22.5 Å². The van der Waals surface area contributed by atoms with Crippen molar-refractivity contribution in [1.29, 1.82) is 5.26 Å². The molecule has 0 bridgehead atoms. The fourth-order valence-corrected chi connectivity index (χ4v) is 3.36. The lowest BCUT2D eigenvalue weighted by molar-refractivity contribution is -0.122. The van der Waals surface area contributed by atoms with Crippen LogP contribution in [0.25, 0.3) is 10.9 Å². The van der Waals surface area contributed by atoms with Crippen LogP contribution in [0.4, 0.5) is 11.4 Å². The monoisotopic (exact) mass is 356 g/mol. The molecule has 4 rings (SSSR count). The van der Waals surface area contributed by atoms with Crippen LogP contribution in [-0.4, -0.2) is 23.3 Å². The summed E-state index contributed by atoms with van der Waals surface area (Å²) in [6, 6.07) is 18.4. The normalized spacial score (nSPS) is 16.3. The van der Waals surface area contributed by atoms with Gasteiger partial charge in [0.25, 0.3) is 0 Å². The molecule has 2 aromatic carbocycles.